The van der Waals surface area contributed by atoms with Crippen LogP contribution in [-0.2, 0) is 19.5 Å². The fraction of sp³-hybridized carbons (Fsp3) is 0.375. The van der Waals surface area contributed by atoms with E-state index in [-0.39, 0.29) is 5.56 Å². The van der Waals surface area contributed by atoms with Crippen LogP contribution >= 0.6 is 12.2 Å². The average molecular weight is 317 g/mol. The summed E-state index contributed by atoms with van der Waals surface area (Å²) in [6.07, 6.45) is 0.819. The minimum atomic E-state index is -0.0739. The molecule has 2 heterocycles. The molecule has 0 bridgehead atoms. The van der Waals surface area contributed by atoms with Crippen LogP contribution in [0.15, 0.2) is 29.1 Å². The standard InChI is InChI=1S/C16H19N3O2S/c1-2-21-12-5-3-11(4-6-12)9-19-8-7-14-13(10-19)15(20)18-16(22)17-14/h3-6H,2,7-10H2,1H3,(H2,17,18,20,22). The van der Waals surface area contributed by atoms with Crippen molar-refractivity contribution in [3.05, 3.63) is 56.2 Å². The summed E-state index contributed by atoms with van der Waals surface area (Å²) in [6, 6.07) is 8.12. The molecule has 0 atom stereocenters. The van der Waals surface area contributed by atoms with Crippen LogP contribution in [0.5, 0.6) is 5.75 Å². The lowest BCUT2D eigenvalue weighted by Gasteiger charge is -2.27. The number of benzene rings is 1. The summed E-state index contributed by atoms with van der Waals surface area (Å²) in [4.78, 5) is 20.0. The summed E-state index contributed by atoms with van der Waals surface area (Å²) in [5.74, 6) is 0.888. The number of nitrogens with zero attached hydrogens (tertiary/aromatic N) is 1. The Balaban J connectivity index is 1.72. The first-order valence-electron chi connectivity index (χ1n) is 7.44. The van der Waals surface area contributed by atoms with Gasteiger partial charge < -0.3 is 9.72 Å². The molecule has 5 nitrogen and oxygen atoms in total. The monoisotopic (exact) mass is 317 g/mol. The molecule has 1 aliphatic rings. The van der Waals surface area contributed by atoms with Gasteiger partial charge in [0.25, 0.3) is 5.56 Å². The number of ether oxygens (including phenoxy) is 1. The van der Waals surface area contributed by atoms with Crippen molar-refractivity contribution in [1.82, 2.24) is 14.9 Å². The first-order valence-corrected chi connectivity index (χ1v) is 7.85. The van der Waals surface area contributed by atoms with E-state index in [0.29, 0.717) is 17.9 Å². The summed E-state index contributed by atoms with van der Waals surface area (Å²) < 4.78 is 5.86. The van der Waals surface area contributed by atoms with E-state index in [1.165, 1.54) is 5.56 Å². The second-order valence-electron chi connectivity index (χ2n) is 5.40. The smallest absolute Gasteiger partial charge is 0.256 e. The van der Waals surface area contributed by atoms with E-state index >= 15 is 0 Å². The highest BCUT2D eigenvalue weighted by molar-refractivity contribution is 7.71. The third-order valence-corrected chi connectivity index (χ3v) is 4.03. The number of hydrogen-bond acceptors (Lipinski definition) is 4. The normalized spacial score (nSPS) is 14.6. The van der Waals surface area contributed by atoms with Crippen LogP contribution in [0, 0.1) is 4.77 Å². The Morgan fingerprint density at radius 1 is 1.27 bits per heavy atom. The summed E-state index contributed by atoms with van der Waals surface area (Å²) in [5, 5.41) is 0. The summed E-state index contributed by atoms with van der Waals surface area (Å²) >= 11 is 5.02. The van der Waals surface area contributed by atoms with Crippen LogP contribution in [0.2, 0.25) is 0 Å². The van der Waals surface area contributed by atoms with E-state index in [0.717, 1.165) is 36.5 Å². The van der Waals surface area contributed by atoms with Gasteiger partial charge in [-0.15, -0.1) is 0 Å². The summed E-state index contributed by atoms with van der Waals surface area (Å²) in [7, 11) is 0. The predicted molar refractivity (Wildman–Crippen MR) is 87.7 cm³/mol. The number of aromatic nitrogens is 2. The van der Waals surface area contributed by atoms with Crippen LogP contribution in [0.3, 0.4) is 0 Å². The Bertz CT molecular complexity index is 764. The van der Waals surface area contributed by atoms with Crippen molar-refractivity contribution in [1.29, 1.82) is 0 Å². The predicted octanol–water partition coefficient (Wildman–Crippen LogP) is 2.39. The molecule has 1 aromatic heterocycles. The van der Waals surface area contributed by atoms with Gasteiger partial charge in [-0.1, -0.05) is 12.1 Å². The molecule has 0 fully saturated rings. The molecule has 22 heavy (non-hydrogen) atoms. The molecule has 0 aliphatic carbocycles. The number of H-pyrrole nitrogens is 2. The molecule has 6 heteroatoms. The number of nitrogens with one attached hydrogen (secondary N) is 2. The maximum Gasteiger partial charge on any atom is 0.256 e. The van der Waals surface area contributed by atoms with Gasteiger partial charge in [-0.05, 0) is 36.8 Å². The Kier molecular flexibility index (Phi) is 4.40. The molecule has 1 aromatic carbocycles. The van der Waals surface area contributed by atoms with Crippen LogP contribution < -0.4 is 10.3 Å². The van der Waals surface area contributed by atoms with Crippen molar-refractivity contribution in [2.45, 2.75) is 26.4 Å². The lowest BCUT2D eigenvalue weighted by molar-refractivity contribution is 0.241. The van der Waals surface area contributed by atoms with E-state index < -0.39 is 0 Å². The maximum atomic E-state index is 12.0. The zero-order valence-electron chi connectivity index (χ0n) is 12.5. The minimum absolute atomic E-state index is 0.0739. The van der Waals surface area contributed by atoms with Crippen LogP contribution in [0.25, 0.3) is 0 Å². The molecular weight excluding hydrogens is 298 g/mol. The van der Waals surface area contributed by atoms with Gasteiger partial charge in [-0.2, -0.15) is 0 Å². The molecule has 2 N–H and O–H groups in total. The summed E-state index contributed by atoms with van der Waals surface area (Å²) in [6.45, 7) is 5.02. The highest BCUT2D eigenvalue weighted by atomic mass is 32.1. The molecule has 3 rings (SSSR count). The van der Waals surface area contributed by atoms with E-state index in [9.17, 15) is 4.79 Å². The van der Waals surface area contributed by atoms with E-state index in [1.807, 2.05) is 19.1 Å². The molecule has 116 valence electrons. The molecule has 0 saturated carbocycles. The van der Waals surface area contributed by atoms with E-state index in [1.54, 1.807) is 0 Å². The lowest BCUT2D eigenvalue weighted by atomic mass is 10.1. The number of fused-ring (bicyclic) bond motifs is 1. The second kappa shape index (κ2) is 6.46. The molecule has 0 spiro atoms. The molecular formula is C16H19N3O2S. The van der Waals surface area contributed by atoms with Gasteiger partial charge in [-0.3, -0.25) is 14.7 Å². The quantitative estimate of drug-likeness (QED) is 0.850. The van der Waals surface area contributed by atoms with Gasteiger partial charge in [0.05, 0.1) is 12.2 Å². The second-order valence-corrected chi connectivity index (χ2v) is 5.81. The fourth-order valence-electron chi connectivity index (χ4n) is 2.76. The average Bonchev–Trinajstić information content (AvgIpc) is 2.50. The van der Waals surface area contributed by atoms with Gasteiger partial charge in [0, 0.05) is 31.7 Å². The van der Waals surface area contributed by atoms with E-state index in [4.69, 9.17) is 17.0 Å². The van der Waals surface area contributed by atoms with Crippen molar-refractivity contribution >= 4 is 12.2 Å². The summed E-state index contributed by atoms with van der Waals surface area (Å²) in [5.41, 5.74) is 2.91. The maximum absolute atomic E-state index is 12.0. The molecule has 0 unspecified atom stereocenters. The van der Waals surface area contributed by atoms with Gasteiger partial charge in [0.2, 0.25) is 0 Å². The zero-order valence-corrected chi connectivity index (χ0v) is 13.3. The Morgan fingerprint density at radius 2 is 2.05 bits per heavy atom. The molecule has 1 aliphatic heterocycles. The zero-order chi connectivity index (χ0) is 15.5. The van der Waals surface area contributed by atoms with Gasteiger partial charge in [0.1, 0.15) is 5.75 Å². The number of aromatic amines is 2. The fourth-order valence-corrected chi connectivity index (χ4v) is 2.98. The third kappa shape index (κ3) is 3.28. The Morgan fingerprint density at radius 3 is 2.77 bits per heavy atom. The molecule has 0 amide bonds. The van der Waals surface area contributed by atoms with Crippen molar-refractivity contribution in [2.75, 3.05) is 13.2 Å². The first kappa shape index (κ1) is 15.0. The Hall–Kier alpha value is -1.92. The topological polar surface area (TPSA) is 61.1 Å². The minimum Gasteiger partial charge on any atom is -0.494 e. The van der Waals surface area contributed by atoms with Gasteiger partial charge in [0.15, 0.2) is 4.77 Å². The van der Waals surface area contributed by atoms with Crippen LogP contribution in [0.1, 0.15) is 23.7 Å². The van der Waals surface area contributed by atoms with Gasteiger partial charge >= 0.3 is 0 Å². The van der Waals surface area contributed by atoms with E-state index in [2.05, 4.69) is 27.0 Å². The van der Waals surface area contributed by atoms with Crippen molar-refractivity contribution in [3.63, 3.8) is 0 Å². The largest absolute Gasteiger partial charge is 0.494 e. The van der Waals surface area contributed by atoms with Crippen molar-refractivity contribution < 1.29 is 4.74 Å². The lowest BCUT2D eigenvalue weighted by Crippen LogP contribution is -2.35. The highest BCUT2D eigenvalue weighted by Gasteiger charge is 2.19. The van der Waals surface area contributed by atoms with Gasteiger partial charge in [-0.25, -0.2) is 0 Å². The number of hydrogen-bond donors (Lipinski definition) is 2. The SMILES string of the molecule is CCOc1ccc(CN2CCc3[nH]c(=S)[nH]c(=O)c3C2)cc1. The number of rotatable bonds is 4. The molecule has 0 saturated heterocycles. The van der Waals surface area contributed by atoms with Crippen molar-refractivity contribution in [2.24, 2.45) is 0 Å². The molecule has 0 radical (unpaired) electrons. The van der Waals surface area contributed by atoms with Crippen LogP contribution in [-0.4, -0.2) is 28.0 Å². The first-order chi connectivity index (χ1) is 10.7. The van der Waals surface area contributed by atoms with Crippen molar-refractivity contribution in [3.8, 4) is 5.75 Å². The molecule has 2 aromatic rings. The van der Waals surface area contributed by atoms with Crippen LogP contribution in [0.4, 0.5) is 0 Å². The third-order valence-electron chi connectivity index (χ3n) is 3.83. The highest BCUT2D eigenvalue weighted by Crippen LogP contribution is 2.18. The Labute approximate surface area is 134 Å².